The molecule has 26 heavy (non-hydrogen) atoms. The summed E-state index contributed by atoms with van der Waals surface area (Å²) in [6, 6.07) is 16.4. The van der Waals surface area contributed by atoms with Gasteiger partial charge in [0.15, 0.2) is 0 Å². The summed E-state index contributed by atoms with van der Waals surface area (Å²) in [7, 11) is 0. The smallest absolute Gasteiger partial charge is 0.254 e. The van der Waals surface area contributed by atoms with E-state index in [0.717, 1.165) is 35.4 Å². The average molecular weight is 371 g/mol. The third kappa shape index (κ3) is 4.18. The molecule has 3 rings (SSSR count). The Kier molecular flexibility index (Phi) is 5.49. The summed E-state index contributed by atoms with van der Waals surface area (Å²) >= 11 is 5.76. The van der Waals surface area contributed by atoms with Crippen LogP contribution in [0.4, 0.5) is 4.39 Å². The maximum absolute atomic E-state index is 13.3. The Morgan fingerprint density at radius 2 is 1.88 bits per heavy atom. The van der Waals surface area contributed by atoms with Crippen molar-refractivity contribution in [3.63, 3.8) is 0 Å². The number of aromatic nitrogens is 1. The number of hydrogen-bond acceptors (Lipinski definition) is 3. The van der Waals surface area contributed by atoms with Crippen LogP contribution in [0.1, 0.15) is 15.9 Å². The van der Waals surface area contributed by atoms with Crippen LogP contribution in [0.25, 0.3) is 11.1 Å². The molecular weight excluding hydrogens is 355 g/mol. The Bertz CT molecular complexity index is 929. The zero-order chi connectivity index (χ0) is 18.5. The van der Waals surface area contributed by atoms with Crippen LogP contribution in [0.15, 0.2) is 60.8 Å². The van der Waals surface area contributed by atoms with E-state index >= 15 is 0 Å². The number of nitrogens with two attached hydrogens (primary N) is 1. The second kappa shape index (κ2) is 7.97. The molecule has 0 radical (unpaired) electrons. The molecule has 132 valence electrons. The molecule has 4 nitrogen and oxygen atoms in total. The van der Waals surface area contributed by atoms with Crippen molar-refractivity contribution in [3.05, 3.63) is 77.7 Å². The lowest BCUT2D eigenvalue weighted by molar-refractivity contribution is 0.0997. The van der Waals surface area contributed by atoms with Crippen molar-refractivity contribution in [2.24, 2.45) is 5.73 Å². The predicted molar refractivity (Wildman–Crippen MR) is 99.1 cm³/mol. The highest BCUT2D eigenvalue weighted by Gasteiger charge is 2.13. The number of amides is 1. The van der Waals surface area contributed by atoms with Crippen LogP contribution in [0.5, 0.6) is 11.6 Å². The second-order valence-corrected chi connectivity index (χ2v) is 6.01. The van der Waals surface area contributed by atoms with Crippen molar-refractivity contribution < 1.29 is 13.9 Å². The third-order valence-electron chi connectivity index (χ3n) is 3.80. The molecule has 0 aliphatic carbocycles. The first-order valence-corrected chi connectivity index (χ1v) is 8.49. The standard InChI is InChI=1S/C20H16ClFN2O2/c21-9-8-13-4-6-14(7-5-13)15-2-1-3-17(10-15)26-20-18(19(23)25)11-16(22)12-24-20/h1-7,10-12H,8-9H2,(H2,23,25). The van der Waals surface area contributed by atoms with Gasteiger partial charge in [0.1, 0.15) is 17.1 Å². The Hall–Kier alpha value is -2.92. The summed E-state index contributed by atoms with van der Waals surface area (Å²) < 4.78 is 18.9. The largest absolute Gasteiger partial charge is 0.438 e. The summed E-state index contributed by atoms with van der Waals surface area (Å²) in [5.74, 6) is -0.451. The van der Waals surface area contributed by atoms with E-state index < -0.39 is 11.7 Å². The average Bonchev–Trinajstić information content (AvgIpc) is 2.64. The first-order valence-electron chi connectivity index (χ1n) is 7.95. The summed E-state index contributed by atoms with van der Waals surface area (Å²) in [6.45, 7) is 0. The number of rotatable bonds is 6. The highest BCUT2D eigenvalue weighted by atomic mass is 35.5. The van der Waals surface area contributed by atoms with Gasteiger partial charge in [0, 0.05) is 5.88 Å². The van der Waals surface area contributed by atoms with Crippen LogP contribution < -0.4 is 10.5 Å². The lowest BCUT2D eigenvalue weighted by Gasteiger charge is -2.10. The van der Waals surface area contributed by atoms with Gasteiger partial charge in [-0.1, -0.05) is 36.4 Å². The van der Waals surface area contributed by atoms with Crippen LogP contribution in [0, 0.1) is 5.82 Å². The summed E-state index contributed by atoms with van der Waals surface area (Å²) in [5.41, 5.74) is 8.26. The number of hydrogen-bond donors (Lipinski definition) is 1. The Labute approximate surface area is 155 Å². The molecule has 0 bridgehead atoms. The maximum Gasteiger partial charge on any atom is 0.254 e. The number of primary amides is 1. The van der Waals surface area contributed by atoms with Gasteiger partial charge in [-0.25, -0.2) is 9.37 Å². The SMILES string of the molecule is NC(=O)c1cc(F)cnc1Oc1cccc(-c2ccc(CCCl)cc2)c1. The lowest BCUT2D eigenvalue weighted by atomic mass is 10.0. The van der Waals surface area contributed by atoms with E-state index in [1.54, 1.807) is 6.07 Å². The normalized spacial score (nSPS) is 10.5. The first-order chi connectivity index (χ1) is 12.6. The number of benzene rings is 2. The van der Waals surface area contributed by atoms with Crippen molar-refractivity contribution in [1.82, 2.24) is 4.98 Å². The number of carbonyl (C=O) groups excluding carboxylic acids is 1. The van der Waals surface area contributed by atoms with E-state index in [4.69, 9.17) is 22.1 Å². The molecule has 1 amide bonds. The highest BCUT2D eigenvalue weighted by molar-refractivity contribution is 6.18. The van der Waals surface area contributed by atoms with E-state index in [1.807, 2.05) is 42.5 Å². The summed E-state index contributed by atoms with van der Waals surface area (Å²) in [5, 5.41) is 0. The molecule has 3 aromatic rings. The quantitative estimate of drug-likeness (QED) is 0.647. The number of nitrogens with zero attached hydrogens (tertiary/aromatic N) is 1. The van der Waals surface area contributed by atoms with Crippen LogP contribution in [0.2, 0.25) is 0 Å². The Morgan fingerprint density at radius 3 is 2.58 bits per heavy atom. The molecule has 2 N–H and O–H groups in total. The molecule has 6 heteroatoms. The topological polar surface area (TPSA) is 65.2 Å². The molecule has 0 fully saturated rings. The van der Waals surface area contributed by atoms with Gasteiger partial charge in [0.05, 0.1) is 6.20 Å². The molecule has 0 atom stereocenters. The minimum atomic E-state index is -0.807. The fraction of sp³-hybridized carbons (Fsp3) is 0.100. The number of halogens is 2. The lowest BCUT2D eigenvalue weighted by Crippen LogP contribution is -2.13. The van der Waals surface area contributed by atoms with Crippen LogP contribution in [-0.2, 0) is 6.42 Å². The monoisotopic (exact) mass is 370 g/mol. The predicted octanol–water partition coefficient (Wildman–Crippen LogP) is 4.56. The number of aryl methyl sites for hydroxylation is 1. The van der Waals surface area contributed by atoms with Crippen molar-refractivity contribution in [3.8, 4) is 22.8 Å². The Balaban J connectivity index is 1.87. The minimum absolute atomic E-state index is 0.0338. The van der Waals surface area contributed by atoms with E-state index in [-0.39, 0.29) is 11.4 Å². The number of pyridine rings is 1. The molecular formula is C20H16ClFN2O2. The fourth-order valence-electron chi connectivity index (χ4n) is 2.51. The van der Waals surface area contributed by atoms with Crippen LogP contribution in [0.3, 0.4) is 0 Å². The van der Waals surface area contributed by atoms with Crippen molar-refractivity contribution >= 4 is 17.5 Å². The van der Waals surface area contributed by atoms with Crippen molar-refractivity contribution in [2.75, 3.05) is 5.88 Å². The zero-order valence-electron chi connectivity index (χ0n) is 13.8. The highest BCUT2D eigenvalue weighted by Crippen LogP contribution is 2.28. The number of carbonyl (C=O) groups is 1. The van der Waals surface area contributed by atoms with Gasteiger partial charge in [0.2, 0.25) is 5.88 Å². The van der Waals surface area contributed by atoms with Crippen molar-refractivity contribution in [1.29, 1.82) is 0 Å². The summed E-state index contributed by atoms with van der Waals surface area (Å²) in [4.78, 5) is 15.3. The maximum atomic E-state index is 13.3. The molecule has 0 saturated heterocycles. The molecule has 0 aliphatic rings. The second-order valence-electron chi connectivity index (χ2n) is 5.64. The minimum Gasteiger partial charge on any atom is -0.438 e. The number of ether oxygens (including phenoxy) is 1. The van der Waals surface area contributed by atoms with E-state index in [9.17, 15) is 9.18 Å². The molecule has 1 heterocycles. The fourth-order valence-corrected chi connectivity index (χ4v) is 2.73. The van der Waals surface area contributed by atoms with Gasteiger partial charge in [-0.3, -0.25) is 4.79 Å². The first kappa shape index (κ1) is 17.9. The van der Waals surface area contributed by atoms with Gasteiger partial charge >= 0.3 is 0 Å². The van der Waals surface area contributed by atoms with E-state index in [2.05, 4.69) is 4.98 Å². The van der Waals surface area contributed by atoms with Gasteiger partial charge < -0.3 is 10.5 Å². The molecule has 1 aromatic heterocycles. The molecule has 0 saturated carbocycles. The van der Waals surface area contributed by atoms with Crippen molar-refractivity contribution in [2.45, 2.75) is 6.42 Å². The molecule has 0 unspecified atom stereocenters. The van der Waals surface area contributed by atoms with Gasteiger partial charge in [-0.05, 0) is 41.3 Å². The van der Waals surface area contributed by atoms with Crippen LogP contribution in [-0.4, -0.2) is 16.8 Å². The van der Waals surface area contributed by atoms with Gasteiger partial charge in [-0.2, -0.15) is 0 Å². The molecule has 0 spiro atoms. The number of alkyl halides is 1. The zero-order valence-corrected chi connectivity index (χ0v) is 14.5. The molecule has 2 aromatic carbocycles. The van der Waals surface area contributed by atoms with Gasteiger partial charge in [0.25, 0.3) is 5.91 Å². The van der Waals surface area contributed by atoms with Gasteiger partial charge in [-0.15, -0.1) is 11.6 Å². The summed E-state index contributed by atoms with van der Waals surface area (Å²) in [6.07, 6.45) is 1.79. The Morgan fingerprint density at radius 1 is 1.12 bits per heavy atom. The van der Waals surface area contributed by atoms with E-state index in [1.165, 1.54) is 0 Å². The van der Waals surface area contributed by atoms with Crippen LogP contribution >= 0.6 is 11.6 Å². The third-order valence-corrected chi connectivity index (χ3v) is 3.99. The molecule has 0 aliphatic heterocycles. The van der Waals surface area contributed by atoms with E-state index in [0.29, 0.717) is 11.6 Å².